The molecule has 1 aromatic carbocycles. The first-order valence-corrected chi connectivity index (χ1v) is 9.50. The first kappa shape index (κ1) is 17.5. The second-order valence-corrected chi connectivity index (χ2v) is 6.92. The highest BCUT2D eigenvalue weighted by molar-refractivity contribution is 5.76. The first-order chi connectivity index (χ1) is 13.2. The molecule has 3 heterocycles. The number of benzene rings is 1. The highest BCUT2D eigenvalue weighted by Crippen LogP contribution is 2.14. The van der Waals surface area contributed by atoms with Crippen LogP contribution in [-0.2, 0) is 11.3 Å². The van der Waals surface area contributed by atoms with E-state index in [0.717, 1.165) is 31.6 Å². The van der Waals surface area contributed by atoms with Crippen LogP contribution in [0.2, 0.25) is 0 Å². The predicted molar refractivity (Wildman–Crippen MR) is 103 cm³/mol. The predicted octanol–water partition coefficient (Wildman–Crippen LogP) is 2.37. The van der Waals surface area contributed by atoms with Crippen molar-refractivity contribution in [1.29, 1.82) is 0 Å². The summed E-state index contributed by atoms with van der Waals surface area (Å²) in [6.07, 6.45) is 7.90. The van der Waals surface area contributed by atoms with Crippen molar-refractivity contribution < 1.29 is 4.79 Å². The van der Waals surface area contributed by atoms with E-state index in [1.807, 2.05) is 35.2 Å². The Morgan fingerprint density at radius 3 is 2.52 bits per heavy atom. The number of carbonyl (C=O) groups excluding carboxylic acids is 1. The Kier molecular flexibility index (Phi) is 5.00. The molecule has 2 aromatic heterocycles. The van der Waals surface area contributed by atoms with Gasteiger partial charge < -0.3 is 4.90 Å². The molecule has 4 rings (SSSR count). The number of likely N-dealkylation sites (tertiary alicyclic amines) is 1. The normalized spacial score (nSPS) is 15.0. The lowest BCUT2D eigenvalue weighted by Crippen LogP contribution is -2.33. The van der Waals surface area contributed by atoms with Crippen LogP contribution in [0.25, 0.3) is 16.7 Å². The van der Waals surface area contributed by atoms with Crippen molar-refractivity contribution in [1.82, 2.24) is 24.2 Å². The summed E-state index contributed by atoms with van der Waals surface area (Å²) in [6.45, 7) is 2.00. The molecule has 0 atom stereocenters. The maximum absolute atomic E-state index is 12.8. The van der Waals surface area contributed by atoms with Crippen molar-refractivity contribution in [2.24, 2.45) is 0 Å². The van der Waals surface area contributed by atoms with Gasteiger partial charge in [0.05, 0.1) is 18.2 Å². The molecule has 140 valence electrons. The van der Waals surface area contributed by atoms with E-state index in [0.29, 0.717) is 24.0 Å². The molecule has 0 aliphatic carbocycles. The molecule has 27 heavy (non-hydrogen) atoms. The lowest BCUT2D eigenvalue weighted by Gasteiger charge is -2.20. The number of para-hydroxylation sites is 1. The van der Waals surface area contributed by atoms with E-state index in [1.165, 1.54) is 23.7 Å². The Bertz CT molecular complexity index is 985. The van der Waals surface area contributed by atoms with Gasteiger partial charge in [-0.3, -0.25) is 14.2 Å². The minimum absolute atomic E-state index is 0.115. The molecule has 1 saturated heterocycles. The first-order valence-electron chi connectivity index (χ1n) is 9.50. The van der Waals surface area contributed by atoms with Gasteiger partial charge in [-0.1, -0.05) is 31.0 Å². The summed E-state index contributed by atoms with van der Waals surface area (Å²) in [4.78, 5) is 31.6. The summed E-state index contributed by atoms with van der Waals surface area (Å²) < 4.78 is 3.17. The molecule has 1 amide bonds. The summed E-state index contributed by atoms with van der Waals surface area (Å²) >= 11 is 0. The second-order valence-electron chi connectivity index (χ2n) is 6.92. The van der Waals surface area contributed by atoms with Crippen LogP contribution in [0.1, 0.15) is 32.1 Å². The number of amides is 1. The average Bonchev–Trinajstić information content (AvgIpc) is 2.95. The number of nitrogens with zero attached hydrogens (tertiary/aromatic N) is 5. The lowest BCUT2D eigenvalue weighted by molar-refractivity contribution is -0.131. The molecule has 1 fully saturated rings. The second kappa shape index (κ2) is 7.73. The maximum Gasteiger partial charge on any atom is 0.264 e. The Morgan fingerprint density at radius 1 is 1.04 bits per heavy atom. The maximum atomic E-state index is 12.8. The average molecular weight is 365 g/mol. The Balaban J connectivity index is 1.52. The largest absolute Gasteiger partial charge is 0.343 e. The fourth-order valence-corrected chi connectivity index (χ4v) is 3.56. The lowest BCUT2D eigenvalue weighted by atomic mass is 10.2. The van der Waals surface area contributed by atoms with Gasteiger partial charge in [0.2, 0.25) is 5.91 Å². The van der Waals surface area contributed by atoms with Gasteiger partial charge in [0.15, 0.2) is 5.65 Å². The third kappa shape index (κ3) is 3.63. The quantitative estimate of drug-likeness (QED) is 0.712. The summed E-state index contributed by atoms with van der Waals surface area (Å²) in [5.74, 6) is 0.115. The highest BCUT2D eigenvalue weighted by atomic mass is 16.2. The smallest absolute Gasteiger partial charge is 0.264 e. The molecule has 0 radical (unpaired) electrons. The van der Waals surface area contributed by atoms with E-state index in [4.69, 9.17) is 0 Å². The number of fused-ring (bicyclic) bond motifs is 1. The van der Waals surface area contributed by atoms with E-state index in [-0.39, 0.29) is 11.5 Å². The fourth-order valence-electron chi connectivity index (χ4n) is 3.56. The van der Waals surface area contributed by atoms with Crippen molar-refractivity contribution in [2.75, 3.05) is 13.1 Å². The number of rotatable bonds is 4. The van der Waals surface area contributed by atoms with Gasteiger partial charge >= 0.3 is 0 Å². The molecular formula is C20H23N5O2. The SMILES string of the molecule is O=C(CCn1cnc2c(cnn2-c2ccccc2)c1=O)N1CCCCCC1. The molecule has 0 saturated carbocycles. The third-order valence-corrected chi connectivity index (χ3v) is 5.08. The third-order valence-electron chi connectivity index (χ3n) is 5.08. The van der Waals surface area contributed by atoms with E-state index in [2.05, 4.69) is 10.1 Å². The minimum atomic E-state index is -0.161. The van der Waals surface area contributed by atoms with E-state index >= 15 is 0 Å². The monoisotopic (exact) mass is 365 g/mol. The molecule has 7 heteroatoms. The van der Waals surface area contributed by atoms with Crippen molar-refractivity contribution in [2.45, 2.75) is 38.6 Å². The number of aryl methyl sites for hydroxylation is 1. The number of hydrogen-bond donors (Lipinski definition) is 0. The van der Waals surface area contributed by atoms with Crippen LogP contribution in [0.3, 0.4) is 0 Å². The van der Waals surface area contributed by atoms with Gasteiger partial charge in [0.25, 0.3) is 5.56 Å². The molecule has 0 unspecified atom stereocenters. The topological polar surface area (TPSA) is 73.0 Å². The number of hydrogen-bond acceptors (Lipinski definition) is 4. The molecule has 7 nitrogen and oxygen atoms in total. The van der Waals surface area contributed by atoms with E-state index in [1.54, 1.807) is 10.9 Å². The van der Waals surface area contributed by atoms with Crippen molar-refractivity contribution in [3.05, 3.63) is 53.2 Å². The van der Waals surface area contributed by atoms with Crippen molar-refractivity contribution in [3.8, 4) is 5.69 Å². The van der Waals surface area contributed by atoms with Crippen LogP contribution < -0.4 is 5.56 Å². The summed E-state index contributed by atoms with van der Waals surface area (Å²) in [7, 11) is 0. The van der Waals surface area contributed by atoms with Gasteiger partial charge in [0.1, 0.15) is 5.39 Å². The minimum Gasteiger partial charge on any atom is -0.343 e. The number of aromatic nitrogens is 4. The van der Waals surface area contributed by atoms with Gasteiger partial charge in [-0.05, 0) is 25.0 Å². The van der Waals surface area contributed by atoms with Gasteiger partial charge in [0, 0.05) is 26.1 Å². The fraction of sp³-hybridized carbons (Fsp3) is 0.400. The van der Waals surface area contributed by atoms with Gasteiger partial charge in [-0.15, -0.1) is 0 Å². The summed E-state index contributed by atoms with van der Waals surface area (Å²) in [5.41, 5.74) is 1.22. The van der Waals surface area contributed by atoms with Crippen LogP contribution in [-0.4, -0.2) is 43.2 Å². The highest BCUT2D eigenvalue weighted by Gasteiger charge is 2.16. The van der Waals surface area contributed by atoms with Crippen LogP contribution >= 0.6 is 0 Å². The molecule has 3 aromatic rings. The zero-order valence-corrected chi connectivity index (χ0v) is 15.3. The van der Waals surface area contributed by atoms with Crippen LogP contribution in [0.5, 0.6) is 0 Å². The van der Waals surface area contributed by atoms with Crippen LogP contribution in [0, 0.1) is 0 Å². The Labute approximate surface area is 157 Å². The van der Waals surface area contributed by atoms with Gasteiger partial charge in [-0.2, -0.15) is 5.10 Å². The van der Waals surface area contributed by atoms with Gasteiger partial charge in [-0.25, -0.2) is 9.67 Å². The van der Waals surface area contributed by atoms with Crippen LogP contribution in [0.15, 0.2) is 47.7 Å². The molecule has 0 bridgehead atoms. The van der Waals surface area contributed by atoms with E-state index in [9.17, 15) is 9.59 Å². The Hall–Kier alpha value is -2.96. The molecule has 1 aliphatic rings. The molecule has 0 N–H and O–H groups in total. The Morgan fingerprint density at radius 2 is 1.78 bits per heavy atom. The number of carbonyl (C=O) groups is 1. The molecule has 1 aliphatic heterocycles. The van der Waals surface area contributed by atoms with Crippen molar-refractivity contribution in [3.63, 3.8) is 0 Å². The summed E-state index contributed by atoms with van der Waals surface area (Å²) in [6, 6.07) is 9.59. The van der Waals surface area contributed by atoms with Crippen molar-refractivity contribution >= 4 is 16.9 Å². The summed E-state index contributed by atoms with van der Waals surface area (Å²) in [5, 5.41) is 4.77. The zero-order chi connectivity index (χ0) is 18.6. The molecule has 0 spiro atoms. The standard InChI is InChI=1S/C20H23N5O2/c26-18(23-11-6-1-2-7-12-23)10-13-24-15-21-19-17(20(24)27)14-22-25(19)16-8-4-3-5-9-16/h3-5,8-9,14-15H,1-2,6-7,10-13H2. The molecular weight excluding hydrogens is 342 g/mol. The van der Waals surface area contributed by atoms with E-state index < -0.39 is 0 Å². The van der Waals surface area contributed by atoms with Crippen LogP contribution in [0.4, 0.5) is 0 Å². The zero-order valence-electron chi connectivity index (χ0n) is 15.3.